The molecule has 2 N–H and O–H groups in total. The molecule has 0 spiro atoms. The van der Waals surface area contributed by atoms with Crippen LogP contribution in [-0.4, -0.2) is 38.9 Å². The molecule has 2 aliphatic rings. The number of anilines is 1. The molecule has 1 atom stereocenters. The van der Waals surface area contributed by atoms with Gasteiger partial charge in [-0.1, -0.05) is 0 Å². The van der Waals surface area contributed by atoms with E-state index in [4.69, 9.17) is 18.9 Å². The number of nitrogens with zero attached hydrogens (tertiary/aromatic N) is 1. The van der Waals surface area contributed by atoms with Gasteiger partial charge in [-0.2, -0.15) is 0 Å². The maximum Gasteiger partial charge on any atom is 0.195 e. The van der Waals surface area contributed by atoms with Crippen LogP contribution in [0, 0.1) is 0 Å². The van der Waals surface area contributed by atoms with Crippen molar-refractivity contribution in [1.29, 1.82) is 0 Å². The Kier molecular flexibility index (Phi) is 8.11. The van der Waals surface area contributed by atoms with E-state index in [1.165, 1.54) is 5.56 Å². The third-order valence-electron chi connectivity index (χ3n) is 5.06. The van der Waals surface area contributed by atoms with Crippen LogP contribution in [0.2, 0.25) is 0 Å². The second-order valence-corrected chi connectivity index (χ2v) is 7.40. The van der Waals surface area contributed by atoms with E-state index in [0.29, 0.717) is 32.3 Å². The van der Waals surface area contributed by atoms with Crippen molar-refractivity contribution in [2.24, 2.45) is 4.99 Å². The van der Waals surface area contributed by atoms with Gasteiger partial charge in [0.25, 0.3) is 0 Å². The molecule has 2 aromatic rings. The molecule has 168 valence electrons. The van der Waals surface area contributed by atoms with Crippen molar-refractivity contribution in [3.63, 3.8) is 0 Å². The first-order valence-corrected chi connectivity index (χ1v) is 10.5. The molecule has 2 aliphatic heterocycles. The maximum atomic E-state index is 5.92. The molecule has 4 rings (SSSR count). The minimum Gasteiger partial charge on any atom is -0.494 e. The van der Waals surface area contributed by atoms with Crippen LogP contribution in [0.15, 0.2) is 35.3 Å². The topological polar surface area (TPSA) is 73.3 Å². The largest absolute Gasteiger partial charge is 0.494 e. The molecule has 0 aromatic heterocycles. The van der Waals surface area contributed by atoms with Gasteiger partial charge in [-0.15, -0.1) is 24.0 Å². The predicted octanol–water partition coefficient (Wildman–Crippen LogP) is 4.38. The summed E-state index contributed by atoms with van der Waals surface area (Å²) in [5, 5.41) is 6.67. The number of fused-ring (bicyclic) bond motifs is 2. The Balaban J connectivity index is 0.00000272. The predicted molar refractivity (Wildman–Crippen MR) is 133 cm³/mol. The van der Waals surface area contributed by atoms with E-state index in [0.717, 1.165) is 47.1 Å². The molecule has 2 aromatic carbocycles. The second kappa shape index (κ2) is 10.8. The summed E-state index contributed by atoms with van der Waals surface area (Å²) >= 11 is 0. The van der Waals surface area contributed by atoms with E-state index < -0.39 is 0 Å². The van der Waals surface area contributed by atoms with Gasteiger partial charge in [0.2, 0.25) is 0 Å². The third kappa shape index (κ3) is 5.66. The molecule has 0 bridgehead atoms. The van der Waals surface area contributed by atoms with Crippen molar-refractivity contribution in [2.45, 2.75) is 39.3 Å². The minimum atomic E-state index is 0. The average molecular weight is 539 g/mol. The maximum absolute atomic E-state index is 5.92. The molecule has 7 nitrogen and oxygen atoms in total. The Morgan fingerprint density at radius 1 is 1.13 bits per heavy atom. The Bertz CT molecular complexity index is 935. The molecule has 1 unspecified atom stereocenters. The summed E-state index contributed by atoms with van der Waals surface area (Å²) in [5.41, 5.74) is 3.11. The van der Waals surface area contributed by atoms with Crippen LogP contribution in [-0.2, 0) is 13.0 Å². The summed E-state index contributed by atoms with van der Waals surface area (Å²) in [7, 11) is 1.75. The number of ether oxygens (including phenoxy) is 4. The molecular weight excluding hydrogens is 509 g/mol. The fourth-order valence-corrected chi connectivity index (χ4v) is 3.65. The summed E-state index contributed by atoms with van der Waals surface area (Å²) in [6, 6.07) is 9.97. The van der Waals surface area contributed by atoms with Crippen LogP contribution in [0.25, 0.3) is 0 Å². The standard InChI is InChI=1S/C23H29N3O4.HI/c1-4-27-20-11-16-10-15(2)30-21(16)12-17(20)14-25-23(24-3)26-18-6-7-19-22(13-18)29-9-5-8-28-19;/h6-7,11-13,15H,4-5,8-10,14H2,1-3H3,(H2,24,25,26);1H. The quantitative estimate of drug-likeness (QED) is 0.334. The average Bonchev–Trinajstić information content (AvgIpc) is 2.94. The first-order chi connectivity index (χ1) is 14.7. The van der Waals surface area contributed by atoms with Crippen LogP contribution in [0.4, 0.5) is 5.69 Å². The first kappa shape index (κ1) is 23.3. The van der Waals surface area contributed by atoms with Gasteiger partial charge < -0.3 is 29.6 Å². The highest BCUT2D eigenvalue weighted by Gasteiger charge is 2.22. The van der Waals surface area contributed by atoms with E-state index in [2.05, 4.69) is 34.7 Å². The molecule has 0 amide bonds. The van der Waals surface area contributed by atoms with E-state index in [9.17, 15) is 0 Å². The summed E-state index contributed by atoms with van der Waals surface area (Å²) in [6.45, 7) is 6.58. The van der Waals surface area contributed by atoms with E-state index >= 15 is 0 Å². The van der Waals surface area contributed by atoms with Gasteiger partial charge >= 0.3 is 0 Å². The molecule has 0 fully saturated rings. The number of hydrogen-bond acceptors (Lipinski definition) is 5. The summed E-state index contributed by atoms with van der Waals surface area (Å²) < 4.78 is 23.3. The number of halogens is 1. The van der Waals surface area contributed by atoms with Crippen molar-refractivity contribution in [1.82, 2.24) is 5.32 Å². The van der Waals surface area contributed by atoms with Crippen molar-refractivity contribution >= 4 is 35.6 Å². The second-order valence-electron chi connectivity index (χ2n) is 7.40. The lowest BCUT2D eigenvalue weighted by Crippen LogP contribution is -2.30. The molecule has 0 radical (unpaired) electrons. The Labute approximate surface area is 200 Å². The highest BCUT2D eigenvalue weighted by molar-refractivity contribution is 14.0. The van der Waals surface area contributed by atoms with E-state index in [1.807, 2.05) is 25.1 Å². The fraction of sp³-hybridized carbons (Fsp3) is 0.435. The number of benzene rings is 2. The van der Waals surface area contributed by atoms with Crippen LogP contribution < -0.4 is 29.6 Å². The first-order valence-electron chi connectivity index (χ1n) is 10.5. The number of rotatable bonds is 5. The van der Waals surface area contributed by atoms with Gasteiger partial charge in [-0.3, -0.25) is 4.99 Å². The Hall–Kier alpha value is -2.36. The number of nitrogens with one attached hydrogen (secondary N) is 2. The van der Waals surface area contributed by atoms with Gasteiger partial charge in [0.15, 0.2) is 17.5 Å². The lowest BCUT2D eigenvalue weighted by atomic mass is 10.1. The van der Waals surface area contributed by atoms with Crippen molar-refractivity contribution in [3.05, 3.63) is 41.5 Å². The summed E-state index contributed by atoms with van der Waals surface area (Å²) in [4.78, 5) is 4.34. The van der Waals surface area contributed by atoms with Gasteiger partial charge in [-0.25, -0.2) is 0 Å². The van der Waals surface area contributed by atoms with Gasteiger partial charge in [0, 0.05) is 49.3 Å². The third-order valence-corrected chi connectivity index (χ3v) is 5.06. The fourth-order valence-electron chi connectivity index (χ4n) is 3.65. The zero-order chi connectivity index (χ0) is 20.9. The Morgan fingerprint density at radius 2 is 1.94 bits per heavy atom. The normalized spacial score (nSPS) is 17.0. The van der Waals surface area contributed by atoms with E-state index in [1.54, 1.807) is 7.05 Å². The zero-order valence-electron chi connectivity index (χ0n) is 18.2. The molecule has 0 aliphatic carbocycles. The molecule has 8 heteroatoms. The van der Waals surface area contributed by atoms with Crippen molar-refractivity contribution < 1.29 is 18.9 Å². The summed E-state index contributed by atoms with van der Waals surface area (Å²) in [5.74, 6) is 3.99. The highest BCUT2D eigenvalue weighted by Crippen LogP contribution is 2.35. The smallest absolute Gasteiger partial charge is 0.195 e. The molecule has 2 heterocycles. The Morgan fingerprint density at radius 3 is 2.71 bits per heavy atom. The van der Waals surface area contributed by atoms with Crippen LogP contribution in [0.3, 0.4) is 0 Å². The van der Waals surface area contributed by atoms with Crippen LogP contribution >= 0.6 is 24.0 Å². The number of aliphatic imine (C=N–C) groups is 1. The van der Waals surface area contributed by atoms with E-state index in [-0.39, 0.29) is 30.1 Å². The minimum absolute atomic E-state index is 0. The van der Waals surface area contributed by atoms with Gasteiger partial charge in [-0.05, 0) is 38.1 Å². The van der Waals surface area contributed by atoms with Crippen molar-refractivity contribution in [2.75, 3.05) is 32.2 Å². The lowest BCUT2D eigenvalue weighted by Gasteiger charge is -2.16. The van der Waals surface area contributed by atoms with Crippen LogP contribution in [0.1, 0.15) is 31.4 Å². The SMILES string of the molecule is CCOc1cc2c(cc1CNC(=NC)Nc1ccc3c(c1)OCCCO3)OC(C)C2.I. The van der Waals surface area contributed by atoms with Crippen molar-refractivity contribution in [3.8, 4) is 23.0 Å². The monoisotopic (exact) mass is 539 g/mol. The molecular formula is C23H30IN3O4. The molecule has 31 heavy (non-hydrogen) atoms. The molecule has 0 saturated carbocycles. The summed E-state index contributed by atoms with van der Waals surface area (Å²) in [6.07, 6.45) is 1.99. The number of hydrogen-bond donors (Lipinski definition) is 2. The van der Waals surface area contributed by atoms with Crippen LogP contribution in [0.5, 0.6) is 23.0 Å². The highest BCUT2D eigenvalue weighted by atomic mass is 127. The zero-order valence-corrected chi connectivity index (χ0v) is 20.5. The molecule has 0 saturated heterocycles. The lowest BCUT2D eigenvalue weighted by molar-refractivity contribution is 0.254. The number of guanidine groups is 1. The van der Waals surface area contributed by atoms with Gasteiger partial charge in [0.1, 0.15) is 17.6 Å². The van der Waals surface area contributed by atoms with Gasteiger partial charge in [0.05, 0.1) is 19.8 Å².